The molecule has 164 valence electrons. The van der Waals surface area contributed by atoms with E-state index in [1.165, 1.54) is 109 Å². The van der Waals surface area contributed by atoms with Crippen molar-refractivity contribution in [2.24, 2.45) is 0 Å². The second kappa shape index (κ2) is 23.9. The highest BCUT2D eigenvalue weighted by atomic mass is 16.5. The fourth-order valence-corrected chi connectivity index (χ4v) is 3.66. The zero-order chi connectivity index (χ0) is 19.8. The van der Waals surface area contributed by atoms with E-state index in [0.717, 1.165) is 26.3 Å². The average molecular weight is 386 g/mol. The fourth-order valence-electron chi connectivity index (χ4n) is 3.66. The lowest BCUT2D eigenvalue weighted by Gasteiger charge is -2.21. The number of ether oxygens (including phenoxy) is 2. The van der Waals surface area contributed by atoms with Crippen molar-refractivity contribution in [2.45, 2.75) is 110 Å². The van der Waals surface area contributed by atoms with Crippen molar-refractivity contribution in [3.8, 4) is 0 Å². The van der Waals surface area contributed by atoms with Crippen molar-refractivity contribution in [2.75, 3.05) is 47.1 Å². The van der Waals surface area contributed by atoms with Gasteiger partial charge in [-0.3, -0.25) is 4.90 Å². The number of nitrogens with zero attached hydrogens (tertiary/aromatic N) is 1. The molecule has 0 atom stereocenters. The molecule has 0 N–H and O–H groups in total. The Morgan fingerprint density at radius 3 is 1.11 bits per heavy atom. The summed E-state index contributed by atoms with van der Waals surface area (Å²) in [6.07, 6.45) is 22.9. The maximum atomic E-state index is 5.20. The van der Waals surface area contributed by atoms with Gasteiger partial charge in [0.2, 0.25) is 0 Å². The Hall–Kier alpha value is -0.120. The molecule has 0 unspecified atom stereocenters. The minimum atomic E-state index is 0.822. The normalized spacial score (nSPS) is 11.6. The second-order valence-corrected chi connectivity index (χ2v) is 8.13. The van der Waals surface area contributed by atoms with Crippen molar-refractivity contribution in [1.29, 1.82) is 0 Å². The van der Waals surface area contributed by atoms with Gasteiger partial charge in [-0.2, -0.15) is 0 Å². The monoisotopic (exact) mass is 385 g/mol. The number of hydrogen-bond donors (Lipinski definition) is 0. The van der Waals surface area contributed by atoms with Crippen LogP contribution in [0.2, 0.25) is 0 Å². The van der Waals surface area contributed by atoms with Gasteiger partial charge in [-0.15, -0.1) is 0 Å². The molecular formula is C24H51NO2. The Bertz CT molecular complexity index is 253. The quantitative estimate of drug-likeness (QED) is 0.180. The Labute approximate surface area is 171 Å². The van der Waals surface area contributed by atoms with Gasteiger partial charge < -0.3 is 9.47 Å². The molecule has 0 saturated heterocycles. The standard InChI is InChI=1S/C24H51NO2/c1-4-5-6-7-8-9-10-11-12-13-14-15-16-17-18-19-20-25(21-23-26-2)22-24-27-3/h4-24H2,1-3H3. The predicted molar refractivity (Wildman–Crippen MR) is 120 cm³/mol. The minimum absolute atomic E-state index is 0.822. The summed E-state index contributed by atoms with van der Waals surface area (Å²) in [6, 6.07) is 0. The summed E-state index contributed by atoms with van der Waals surface area (Å²) in [7, 11) is 3.56. The van der Waals surface area contributed by atoms with E-state index in [0.29, 0.717) is 0 Å². The predicted octanol–water partition coefficient (Wildman–Crippen LogP) is 6.84. The van der Waals surface area contributed by atoms with Crippen molar-refractivity contribution >= 4 is 0 Å². The van der Waals surface area contributed by atoms with Gasteiger partial charge >= 0.3 is 0 Å². The topological polar surface area (TPSA) is 21.7 Å². The molecule has 27 heavy (non-hydrogen) atoms. The summed E-state index contributed by atoms with van der Waals surface area (Å²) >= 11 is 0. The van der Waals surface area contributed by atoms with E-state index in [4.69, 9.17) is 9.47 Å². The molecule has 0 aliphatic carbocycles. The molecule has 0 aromatic rings. The molecule has 0 aliphatic heterocycles. The molecule has 0 aliphatic rings. The molecular weight excluding hydrogens is 334 g/mol. The highest BCUT2D eigenvalue weighted by molar-refractivity contribution is 4.58. The van der Waals surface area contributed by atoms with Crippen LogP contribution in [-0.2, 0) is 9.47 Å². The number of unbranched alkanes of at least 4 members (excludes halogenated alkanes) is 15. The first-order valence-corrected chi connectivity index (χ1v) is 12.0. The molecule has 0 bridgehead atoms. The largest absolute Gasteiger partial charge is 0.383 e. The van der Waals surface area contributed by atoms with Crippen LogP contribution in [0.4, 0.5) is 0 Å². The number of methoxy groups -OCH3 is 2. The minimum Gasteiger partial charge on any atom is -0.383 e. The average Bonchev–Trinajstić information content (AvgIpc) is 2.69. The third kappa shape index (κ3) is 22.0. The lowest BCUT2D eigenvalue weighted by atomic mass is 10.0. The molecule has 3 heteroatoms. The second-order valence-electron chi connectivity index (χ2n) is 8.13. The zero-order valence-corrected chi connectivity index (χ0v) is 19.1. The van der Waals surface area contributed by atoms with E-state index in [1.54, 1.807) is 14.2 Å². The molecule has 0 heterocycles. The van der Waals surface area contributed by atoms with Crippen LogP contribution in [0.3, 0.4) is 0 Å². The Morgan fingerprint density at radius 1 is 0.444 bits per heavy atom. The molecule has 0 rings (SSSR count). The van der Waals surface area contributed by atoms with E-state index in [9.17, 15) is 0 Å². The summed E-state index contributed by atoms with van der Waals surface area (Å²) < 4.78 is 10.4. The fraction of sp³-hybridized carbons (Fsp3) is 1.00. The van der Waals surface area contributed by atoms with Crippen LogP contribution in [0.1, 0.15) is 110 Å². The van der Waals surface area contributed by atoms with Crippen LogP contribution in [0.5, 0.6) is 0 Å². The Kier molecular flexibility index (Phi) is 23.8. The van der Waals surface area contributed by atoms with Gasteiger partial charge in [0.15, 0.2) is 0 Å². The zero-order valence-electron chi connectivity index (χ0n) is 19.1. The molecule has 0 aromatic carbocycles. The van der Waals surface area contributed by atoms with Crippen LogP contribution < -0.4 is 0 Å². The smallest absolute Gasteiger partial charge is 0.0589 e. The van der Waals surface area contributed by atoms with Gasteiger partial charge in [-0.25, -0.2) is 0 Å². The third-order valence-electron chi connectivity index (χ3n) is 5.55. The van der Waals surface area contributed by atoms with E-state index in [-0.39, 0.29) is 0 Å². The molecule has 3 nitrogen and oxygen atoms in total. The molecule has 0 radical (unpaired) electrons. The van der Waals surface area contributed by atoms with Crippen LogP contribution in [0.15, 0.2) is 0 Å². The van der Waals surface area contributed by atoms with Crippen LogP contribution >= 0.6 is 0 Å². The Morgan fingerprint density at radius 2 is 0.778 bits per heavy atom. The lowest BCUT2D eigenvalue weighted by molar-refractivity contribution is 0.113. The van der Waals surface area contributed by atoms with Gasteiger partial charge in [-0.1, -0.05) is 103 Å². The summed E-state index contributed by atoms with van der Waals surface area (Å²) in [6.45, 7) is 7.18. The van der Waals surface area contributed by atoms with Crippen LogP contribution in [0.25, 0.3) is 0 Å². The van der Waals surface area contributed by atoms with Gasteiger partial charge in [0.25, 0.3) is 0 Å². The van der Waals surface area contributed by atoms with Gasteiger partial charge in [0.05, 0.1) is 13.2 Å². The summed E-state index contributed by atoms with van der Waals surface area (Å²) in [5, 5.41) is 0. The molecule has 0 fully saturated rings. The van der Waals surface area contributed by atoms with E-state index < -0.39 is 0 Å². The lowest BCUT2D eigenvalue weighted by Crippen LogP contribution is -2.31. The summed E-state index contributed by atoms with van der Waals surface area (Å²) in [4.78, 5) is 2.47. The van der Waals surface area contributed by atoms with Crippen molar-refractivity contribution < 1.29 is 9.47 Å². The highest BCUT2D eigenvalue weighted by Gasteiger charge is 2.04. The third-order valence-corrected chi connectivity index (χ3v) is 5.55. The van der Waals surface area contributed by atoms with E-state index in [1.807, 2.05) is 0 Å². The molecule has 0 spiro atoms. The van der Waals surface area contributed by atoms with Crippen molar-refractivity contribution in [1.82, 2.24) is 4.90 Å². The summed E-state index contributed by atoms with van der Waals surface area (Å²) in [5.41, 5.74) is 0. The molecule has 0 saturated carbocycles. The number of hydrogen-bond acceptors (Lipinski definition) is 3. The van der Waals surface area contributed by atoms with Crippen molar-refractivity contribution in [3.05, 3.63) is 0 Å². The van der Waals surface area contributed by atoms with Gasteiger partial charge in [0, 0.05) is 27.3 Å². The van der Waals surface area contributed by atoms with E-state index in [2.05, 4.69) is 11.8 Å². The molecule has 0 aromatic heterocycles. The van der Waals surface area contributed by atoms with Crippen LogP contribution in [-0.4, -0.2) is 52.0 Å². The summed E-state index contributed by atoms with van der Waals surface area (Å²) in [5.74, 6) is 0. The SMILES string of the molecule is CCCCCCCCCCCCCCCCCCN(CCOC)CCOC. The van der Waals surface area contributed by atoms with Gasteiger partial charge in [0.1, 0.15) is 0 Å². The van der Waals surface area contributed by atoms with Crippen molar-refractivity contribution in [3.63, 3.8) is 0 Å². The Balaban J connectivity index is 3.24. The maximum Gasteiger partial charge on any atom is 0.0589 e. The first-order valence-electron chi connectivity index (χ1n) is 12.0. The van der Waals surface area contributed by atoms with E-state index >= 15 is 0 Å². The first kappa shape index (κ1) is 26.9. The van der Waals surface area contributed by atoms with Crippen LogP contribution in [0, 0.1) is 0 Å². The first-order chi connectivity index (χ1) is 13.3. The molecule has 0 amide bonds. The maximum absolute atomic E-state index is 5.20. The number of rotatable bonds is 23. The van der Waals surface area contributed by atoms with Gasteiger partial charge in [-0.05, 0) is 13.0 Å². The highest BCUT2D eigenvalue weighted by Crippen LogP contribution is 2.13.